The molecule has 37 heavy (non-hydrogen) atoms. The molecule has 1 N–H and O–H groups in total. The first kappa shape index (κ1) is 25.5. The fraction of sp³-hybridized carbons (Fsp3) is 0.643. The van der Waals surface area contributed by atoms with Gasteiger partial charge in [0, 0.05) is 29.2 Å². The Morgan fingerprint density at radius 2 is 2.08 bits per heavy atom. The Balaban J connectivity index is 1.39. The zero-order chi connectivity index (χ0) is 26.4. The number of nitrogens with zero attached hydrogens (tertiary/aromatic N) is 1. The van der Waals surface area contributed by atoms with Crippen molar-refractivity contribution in [1.29, 1.82) is 0 Å². The van der Waals surface area contributed by atoms with Gasteiger partial charge in [-0.2, -0.15) is 5.06 Å². The number of hydrogen-bond donors (Lipinski definition) is 1. The Hall–Kier alpha value is -1.81. The number of aliphatic hydroxyl groups is 1. The molecule has 2 heterocycles. The van der Waals surface area contributed by atoms with Gasteiger partial charge in [-0.3, -0.25) is 14.4 Å². The predicted molar refractivity (Wildman–Crippen MR) is 133 cm³/mol. The van der Waals surface area contributed by atoms with E-state index in [4.69, 9.17) is 9.25 Å². The molecule has 0 amide bonds. The molecule has 9 heteroatoms. The molecular formula is C28H33F2NO5S. The number of halogens is 2. The maximum atomic E-state index is 17.4. The van der Waals surface area contributed by atoms with Crippen molar-refractivity contribution >= 4 is 22.7 Å². The van der Waals surface area contributed by atoms with Crippen LogP contribution in [0.3, 0.4) is 0 Å². The zero-order valence-corrected chi connectivity index (χ0v) is 22.2. The van der Waals surface area contributed by atoms with Gasteiger partial charge in [0.05, 0.1) is 12.6 Å². The number of alkyl halides is 2. The van der Waals surface area contributed by atoms with E-state index >= 15 is 4.39 Å². The molecule has 0 bridgehead atoms. The van der Waals surface area contributed by atoms with E-state index < -0.39 is 45.2 Å². The van der Waals surface area contributed by atoms with Crippen molar-refractivity contribution in [3.8, 4) is 0 Å². The monoisotopic (exact) mass is 533 g/mol. The first-order valence-electron chi connectivity index (χ1n) is 13.0. The van der Waals surface area contributed by atoms with Crippen molar-refractivity contribution in [1.82, 2.24) is 5.06 Å². The van der Waals surface area contributed by atoms with Crippen LogP contribution in [0.15, 0.2) is 40.4 Å². The quantitative estimate of drug-likeness (QED) is 0.592. The minimum absolute atomic E-state index is 0.0120. The molecule has 4 fully saturated rings. The Morgan fingerprint density at radius 3 is 2.78 bits per heavy atom. The Bertz CT molecular complexity index is 1210. The molecule has 0 radical (unpaired) electrons. The van der Waals surface area contributed by atoms with E-state index in [1.54, 1.807) is 18.1 Å². The van der Waals surface area contributed by atoms with Crippen LogP contribution in [-0.4, -0.2) is 51.0 Å². The molecule has 200 valence electrons. The van der Waals surface area contributed by atoms with Crippen LogP contribution in [0.4, 0.5) is 8.78 Å². The number of carbonyl (C=O) groups is 2. The highest BCUT2D eigenvalue weighted by atomic mass is 32.2. The van der Waals surface area contributed by atoms with E-state index in [2.05, 4.69) is 0 Å². The van der Waals surface area contributed by atoms with Crippen molar-refractivity contribution in [2.24, 2.45) is 28.6 Å². The number of hydrogen-bond acceptors (Lipinski definition) is 7. The van der Waals surface area contributed by atoms with Crippen LogP contribution in [0.25, 0.3) is 0 Å². The summed E-state index contributed by atoms with van der Waals surface area (Å²) < 4.78 is 36.7. The van der Waals surface area contributed by atoms with Crippen molar-refractivity contribution in [3.63, 3.8) is 0 Å². The second-order valence-electron chi connectivity index (χ2n) is 11.9. The van der Waals surface area contributed by atoms with Gasteiger partial charge >= 0.3 is 0 Å². The minimum atomic E-state index is -1.99. The van der Waals surface area contributed by atoms with Crippen LogP contribution in [0.2, 0.25) is 0 Å². The van der Waals surface area contributed by atoms with Gasteiger partial charge < -0.3 is 9.52 Å². The molecule has 6 nitrogen and oxygen atoms in total. The van der Waals surface area contributed by atoms with E-state index in [-0.39, 0.29) is 24.0 Å². The van der Waals surface area contributed by atoms with E-state index in [0.29, 0.717) is 49.9 Å². The fourth-order valence-corrected chi connectivity index (χ4v) is 9.41. The average molecular weight is 534 g/mol. The maximum absolute atomic E-state index is 17.4. The molecule has 1 aromatic rings. The summed E-state index contributed by atoms with van der Waals surface area (Å²) in [6.07, 6.45) is 4.74. The highest BCUT2D eigenvalue weighted by Crippen LogP contribution is 2.73. The van der Waals surface area contributed by atoms with Gasteiger partial charge in [-0.1, -0.05) is 30.3 Å². The number of aliphatic hydroxyl groups excluding tert-OH is 1. The second kappa shape index (κ2) is 8.34. The van der Waals surface area contributed by atoms with Gasteiger partial charge in [0.25, 0.3) is 0 Å². The number of ketones is 1. The summed E-state index contributed by atoms with van der Waals surface area (Å²) in [6.45, 7) is 6.32. The average Bonchev–Trinajstić information content (AvgIpc) is 3.48. The molecule has 0 spiro atoms. The number of thioether (sulfide) groups is 1. The van der Waals surface area contributed by atoms with Crippen LogP contribution >= 0.6 is 11.8 Å². The number of allylic oxidation sites excluding steroid dienone is 4. The van der Waals surface area contributed by atoms with Gasteiger partial charge in [-0.05, 0) is 69.7 Å². The largest absolute Gasteiger partial charge is 0.465 e. The Labute approximate surface area is 219 Å². The van der Waals surface area contributed by atoms with Crippen molar-refractivity contribution < 1.29 is 32.7 Å². The third-order valence-corrected chi connectivity index (χ3v) is 11.0. The molecule has 6 rings (SSSR count). The summed E-state index contributed by atoms with van der Waals surface area (Å²) in [5, 5.41) is 12.9. The normalized spacial score (nSPS) is 44.7. The molecule has 8 unspecified atom stereocenters. The fourth-order valence-electron chi connectivity index (χ4n) is 8.66. The molecule has 8 atom stereocenters. The smallest absolute Gasteiger partial charge is 0.226 e. The Kier molecular flexibility index (Phi) is 5.74. The maximum Gasteiger partial charge on any atom is 0.226 e. The Morgan fingerprint density at radius 1 is 1.30 bits per heavy atom. The van der Waals surface area contributed by atoms with Crippen LogP contribution in [-0.2, 0) is 21.0 Å². The SMILES string of the molecule is Cc1ccc(CN2CC3CC4C5CCC6=CC(=O)C=CC6(C)C5(F)C(O)CC4(C)C3(C(=O)SCF)O2)o1. The van der Waals surface area contributed by atoms with Crippen LogP contribution in [0.5, 0.6) is 0 Å². The number of rotatable bonds is 4. The lowest BCUT2D eigenvalue weighted by molar-refractivity contribution is -0.265. The molecule has 4 aliphatic carbocycles. The molecule has 1 aliphatic heterocycles. The standard InChI is InChI=1S/C28H33F2NO5S/c1-16-4-6-20(35-16)14-31-13-18-11-22-21-7-5-17-10-19(32)8-9-25(17,2)27(21,30)23(33)12-26(22,3)28(18,36-31)24(34)37-15-29/h4,6,8-10,18,21-23,33H,5,7,11-15H2,1-3H3. The van der Waals surface area contributed by atoms with Crippen molar-refractivity contribution in [2.75, 3.05) is 12.6 Å². The predicted octanol–water partition coefficient (Wildman–Crippen LogP) is 4.86. The highest BCUT2D eigenvalue weighted by molar-refractivity contribution is 8.13. The van der Waals surface area contributed by atoms with Gasteiger partial charge in [0.2, 0.25) is 5.12 Å². The van der Waals surface area contributed by atoms with Gasteiger partial charge in [0.15, 0.2) is 17.1 Å². The highest BCUT2D eigenvalue weighted by Gasteiger charge is 2.79. The molecular weight excluding hydrogens is 500 g/mol. The van der Waals surface area contributed by atoms with E-state index in [1.165, 1.54) is 12.2 Å². The third kappa shape index (κ3) is 3.20. The molecule has 1 saturated heterocycles. The van der Waals surface area contributed by atoms with E-state index in [1.807, 2.05) is 26.0 Å². The van der Waals surface area contributed by atoms with Crippen molar-refractivity contribution in [2.45, 2.75) is 70.4 Å². The summed E-state index contributed by atoms with van der Waals surface area (Å²) >= 11 is 0.596. The van der Waals surface area contributed by atoms with E-state index in [9.17, 15) is 19.1 Å². The molecule has 0 aromatic carbocycles. The van der Waals surface area contributed by atoms with Gasteiger partial charge in [-0.15, -0.1) is 0 Å². The lowest BCUT2D eigenvalue weighted by atomic mass is 9.45. The molecule has 3 saturated carbocycles. The molecule has 5 aliphatic rings. The van der Waals surface area contributed by atoms with E-state index in [0.717, 1.165) is 11.3 Å². The van der Waals surface area contributed by atoms with Crippen LogP contribution in [0.1, 0.15) is 51.1 Å². The number of aryl methyl sites for hydroxylation is 1. The van der Waals surface area contributed by atoms with Crippen LogP contribution in [0, 0.1) is 35.5 Å². The minimum Gasteiger partial charge on any atom is -0.465 e. The topological polar surface area (TPSA) is 80.0 Å². The summed E-state index contributed by atoms with van der Waals surface area (Å²) in [7, 11) is 0. The van der Waals surface area contributed by atoms with Crippen LogP contribution < -0.4 is 0 Å². The summed E-state index contributed by atoms with van der Waals surface area (Å²) in [4.78, 5) is 32.3. The number of hydroxylamine groups is 2. The summed E-state index contributed by atoms with van der Waals surface area (Å²) in [5.74, 6) is 0.266. The number of carbonyl (C=O) groups excluding carboxylic acids is 2. The first-order chi connectivity index (χ1) is 17.5. The summed E-state index contributed by atoms with van der Waals surface area (Å²) in [6, 6.07) is 2.85. The number of furan rings is 1. The lowest BCUT2D eigenvalue weighted by Crippen LogP contribution is -2.69. The van der Waals surface area contributed by atoms with Crippen molar-refractivity contribution in [3.05, 3.63) is 47.5 Å². The lowest BCUT2D eigenvalue weighted by Gasteiger charge is -2.62. The van der Waals surface area contributed by atoms with Gasteiger partial charge in [-0.25, -0.2) is 8.78 Å². The zero-order valence-electron chi connectivity index (χ0n) is 21.3. The third-order valence-electron chi connectivity index (χ3n) is 10.3. The number of fused-ring (bicyclic) bond motifs is 7. The summed E-state index contributed by atoms with van der Waals surface area (Å²) in [5.41, 5.74) is -4.63. The second-order valence-corrected chi connectivity index (χ2v) is 12.8. The van der Waals surface area contributed by atoms with Gasteiger partial charge in [0.1, 0.15) is 17.5 Å². The molecule has 1 aromatic heterocycles. The first-order valence-corrected chi connectivity index (χ1v) is 14.0.